The second kappa shape index (κ2) is 8.25. The number of carbonyl (C=O) groups is 1. The fourth-order valence-corrected chi connectivity index (χ4v) is 2.45. The number of hydrogen-bond donors (Lipinski definition) is 2. The molecule has 1 aromatic rings. The van der Waals surface area contributed by atoms with Crippen molar-refractivity contribution < 1.29 is 9.90 Å². The Morgan fingerprint density at radius 3 is 2.45 bits per heavy atom. The van der Waals surface area contributed by atoms with Crippen LogP contribution in [0.1, 0.15) is 32.4 Å². The number of nitrogens with one attached hydrogen (secondary N) is 1. The van der Waals surface area contributed by atoms with Crippen molar-refractivity contribution in [1.29, 1.82) is 0 Å². The van der Waals surface area contributed by atoms with E-state index in [2.05, 4.69) is 24.1 Å². The number of nitrogens with zero attached hydrogens (tertiary/aromatic N) is 1. The van der Waals surface area contributed by atoms with Gasteiger partial charge in [-0.05, 0) is 31.6 Å². The third kappa shape index (κ3) is 4.47. The second-order valence-corrected chi connectivity index (χ2v) is 5.09. The van der Waals surface area contributed by atoms with E-state index in [0.29, 0.717) is 11.6 Å². The first kappa shape index (κ1) is 17.0. The smallest absolute Gasteiger partial charge is 0.248 e. The highest BCUT2D eigenvalue weighted by molar-refractivity contribution is 6.31. The molecule has 0 heterocycles. The summed E-state index contributed by atoms with van der Waals surface area (Å²) in [5.74, 6) is -0.366. The lowest BCUT2D eigenvalue weighted by molar-refractivity contribution is -0.128. The molecular formula is C15H23ClN2O2. The molecule has 2 N–H and O–H groups in total. The Morgan fingerprint density at radius 2 is 1.95 bits per heavy atom. The van der Waals surface area contributed by atoms with E-state index in [-0.39, 0.29) is 11.9 Å². The summed E-state index contributed by atoms with van der Waals surface area (Å²) in [6.07, 6.45) is -1.00. The lowest BCUT2D eigenvalue weighted by atomic mass is 10.0. The lowest BCUT2D eigenvalue weighted by Crippen LogP contribution is -2.41. The maximum atomic E-state index is 11.6. The third-order valence-electron chi connectivity index (χ3n) is 3.37. The maximum absolute atomic E-state index is 11.6. The van der Waals surface area contributed by atoms with Crippen LogP contribution in [0.3, 0.4) is 0 Å². The Balaban J connectivity index is 2.92. The molecule has 0 aliphatic carbocycles. The first-order chi connectivity index (χ1) is 9.51. The van der Waals surface area contributed by atoms with Gasteiger partial charge in [0.1, 0.15) is 6.10 Å². The molecule has 0 aromatic heterocycles. The fourth-order valence-electron chi connectivity index (χ4n) is 2.19. The highest BCUT2D eigenvalue weighted by atomic mass is 35.5. The van der Waals surface area contributed by atoms with E-state index < -0.39 is 6.10 Å². The molecule has 5 heteroatoms. The summed E-state index contributed by atoms with van der Waals surface area (Å²) in [6, 6.07) is 7.65. The Kier molecular flexibility index (Phi) is 6.99. The molecule has 4 nitrogen and oxygen atoms in total. The average Bonchev–Trinajstić information content (AvgIpc) is 2.44. The van der Waals surface area contributed by atoms with Gasteiger partial charge in [-0.2, -0.15) is 0 Å². The number of likely N-dealkylation sites (N-methyl/N-ethyl adjacent to an activating group) is 1. The Labute approximate surface area is 125 Å². The van der Waals surface area contributed by atoms with E-state index >= 15 is 0 Å². The number of hydrogen-bond acceptors (Lipinski definition) is 3. The minimum atomic E-state index is -1.00. The van der Waals surface area contributed by atoms with Crippen LogP contribution in [0.5, 0.6) is 0 Å². The Hall–Kier alpha value is -1.10. The van der Waals surface area contributed by atoms with Crippen molar-refractivity contribution in [3.63, 3.8) is 0 Å². The summed E-state index contributed by atoms with van der Waals surface area (Å²) in [5.41, 5.74) is 0.990. The van der Waals surface area contributed by atoms with Gasteiger partial charge in [0.25, 0.3) is 0 Å². The third-order valence-corrected chi connectivity index (χ3v) is 3.71. The average molecular weight is 299 g/mol. The van der Waals surface area contributed by atoms with Crippen molar-refractivity contribution in [3.05, 3.63) is 34.9 Å². The van der Waals surface area contributed by atoms with Crippen LogP contribution in [0, 0.1) is 0 Å². The van der Waals surface area contributed by atoms with Gasteiger partial charge in [0.2, 0.25) is 5.91 Å². The summed E-state index contributed by atoms with van der Waals surface area (Å²) in [6.45, 7) is 7.74. The number of rotatable bonds is 7. The quantitative estimate of drug-likeness (QED) is 0.811. The van der Waals surface area contributed by atoms with Crippen LogP contribution in [0.15, 0.2) is 24.3 Å². The molecule has 0 spiro atoms. The molecule has 0 saturated carbocycles. The van der Waals surface area contributed by atoms with Gasteiger partial charge in [-0.3, -0.25) is 9.69 Å². The highest BCUT2D eigenvalue weighted by Crippen LogP contribution is 2.26. The summed E-state index contributed by atoms with van der Waals surface area (Å²) in [5, 5.41) is 12.7. The van der Waals surface area contributed by atoms with Crippen molar-refractivity contribution in [2.24, 2.45) is 0 Å². The largest absolute Gasteiger partial charge is 0.384 e. The van der Waals surface area contributed by atoms with Gasteiger partial charge in [-0.15, -0.1) is 0 Å². The van der Waals surface area contributed by atoms with Crippen LogP contribution in [0.25, 0.3) is 0 Å². The van der Waals surface area contributed by atoms with Crippen molar-refractivity contribution >= 4 is 17.5 Å². The summed E-state index contributed by atoms with van der Waals surface area (Å²) < 4.78 is 0. The number of aliphatic hydroxyl groups is 1. The summed E-state index contributed by atoms with van der Waals surface area (Å²) in [7, 11) is 0. The van der Waals surface area contributed by atoms with Crippen LogP contribution in [-0.4, -0.2) is 41.7 Å². The molecule has 0 bridgehead atoms. The number of carbonyl (C=O) groups excluding carboxylic acids is 1. The van der Waals surface area contributed by atoms with E-state index in [0.717, 1.165) is 18.7 Å². The first-order valence-electron chi connectivity index (χ1n) is 6.95. The molecule has 1 aromatic carbocycles. The van der Waals surface area contributed by atoms with E-state index in [1.165, 1.54) is 6.92 Å². The van der Waals surface area contributed by atoms with Gasteiger partial charge in [0, 0.05) is 11.6 Å². The standard InChI is InChI=1S/C15H23ClN2O2/c1-4-18(5-2)14(10-17-15(20)11(3)19)12-8-6-7-9-13(12)16/h6-9,11,14,19H,4-5,10H2,1-3H3,(H,17,20). The molecule has 0 aliphatic rings. The topological polar surface area (TPSA) is 52.6 Å². The first-order valence-corrected chi connectivity index (χ1v) is 7.33. The number of benzene rings is 1. The Bertz CT molecular complexity index is 434. The normalized spacial score (nSPS) is 14.1. The second-order valence-electron chi connectivity index (χ2n) is 4.68. The van der Waals surface area contributed by atoms with Crippen LogP contribution in [-0.2, 0) is 4.79 Å². The van der Waals surface area contributed by atoms with E-state index in [4.69, 9.17) is 11.6 Å². The Morgan fingerprint density at radius 1 is 1.35 bits per heavy atom. The lowest BCUT2D eigenvalue weighted by Gasteiger charge is -2.31. The van der Waals surface area contributed by atoms with Crippen LogP contribution < -0.4 is 5.32 Å². The monoisotopic (exact) mass is 298 g/mol. The molecule has 0 aliphatic heterocycles. The molecule has 112 valence electrons. The van der Waals surface area contributed by atoms with Crippen molar-refractivity contribution in [3.8, 4) is 0 Å². The number of halogens is 1. The molecule has 20 heavy (non-hydrogen) atoms. The van der Waals surface area contributed by atoms with Crippen LogP contribution >= 0.6 is 11.6 Å². The SMILES string of the molecule is CCN(CC)C(CNC(=O)C(C)O)c1ccccc1Cl. The molecule has 1 rings (SSSR count). The molecule has 0 fully saturated rings. The highest BCUT2D eigenvalue weighted by Gasteiger charge is 2.21. The molecule has 2 unspecified atom stereocenters. The van der Waals surface area contributed by atoms with Crippen LogP contribution in [0.4, 0.5) is 0 Å². The minimum absolute atomic E-state index is 0.00130. The zero-order valence-corrected chi connectivity index (χ0v) is 13.0. The van der Waals surface area contributed by atoms with Gasteiger partial charge in [0.15, 0.2) is 0 Å². The molecule has 0 saturated heterocycles. The summed E-state index contributed by atoms with van der Waals surface area (Å²) >= 11 is 6.27. The van der Waals surface area contributed by atoms with Crippen molar-refractivity contribution in [1.82, 2.24) is 10.2 Å². The van der Waals surface area contributed by atoms with Crippen molar-refractivity contribution in [2.45, 2.75) is 32.9 Å². The fraction of sp³-hybridized carbons (Fsp3) is 0.533. The molecule has 2 atom stereocenters. The van der Waals surface area contributed by atoms with Gasteiger partial charge >= 0.3 is 0 Å². The zero-order valence-electron chi connectivity index (χ0n) is 12.3. The molecule has 0 radical (unpaired) electrons. The molecule has 1 amide bonds. The predicted molar refractivity (Wildman–Crippen MR) is 81.8 cm³/mol. The predicted octanol–water partition coefficient (Wildman–Crippen LogP) is 2.22. The van der Waals surface area contributed by atoms with E-state index in [9.17, 15) is 9.90 Å². The van der Waals surface area contributed by atoms with Gasteiger partial charge in [0.05, 0.1) is 6.04 Å². The number of aliphatic hydroxyl groups excluding tert-OH is 1. The zero-order chi connectivity index (χ0) is 15.1. The van der Waals surface area contributed by atoms with Crippen molar-refractivity contribution in [2.75, 3.05) is 19.6 Å². The maximum Gasteiger partial charge on any atom is 0.248 e. The molecular weight excluding hydrogens is 276 g/mol. The van der Waals surface area contributed by atoms with E-state index in [1.54, 1.807) is 0 Å². The van der Waals surface area contributed by atoms with Gasteiger partial charge in [-0.25, -0.2) is 0 Å². The van der Waals surface area contributed by atoms with Gasteiger partial charge < -0.3 is 10.4 Å². The minimum Gasteiger partial charge on any atom is -0.384 e. The van der Waals surface area contributed by atoms with Gasteiger partial charge in [-0.1, -0.05) is 43.6 Å². The number of amides is 1. The van der Waals surface area contributed by atoms with E-state index in [1.807, 2.05) is 24.3 Å². The van der Waals surface area contributed by atoms with Crippen LogP contribution in [0.2, 0.25) is 5.02 Å². The summed E-state index contributed by atoms with van der Waals surface area (Å²) in [4.78, 5) is 13.8.